The molecule has 0 saturated carbocycles. The monoisotopic (exact) mass is 327 g/mol. The second kappa shape index (κ2) is 6.45. The molecule has 0 aliphatic carbocycles. The van der Waals surface area contributed by atoms with Crippen molar-refractivity contribution in [3.05, 3.63) is 54.1 Å². The van der Waals surface area contributed by atoms with Crippen molar-refractivity contribution < 1.29 is 14.3 Å². The number of esters is 1. The van der Waals surface area contributed by atoms with Crippen LogP contribution < -0.4 is 10.6 Å². The van der Waals surface area contributed by atoms with Crippen LogP contribution in [-0.2, 0) is 4.74 Å². The average Bonchev–Trinajstić information content (AvgIpc) is 2.96. The van der Waals surface area contributed by atoms with E-state index < -0.39 is 12.0 Å². The number of thiazole rings is 1. The summed E-state index contributed by atoms with van der Waals surface area (Å²) in [5, 5.41) is 5.90. The first kappa shape index (κ1) is 15.0. The molecule has 0 spiro atoms. The Morgan fingerprint density at radius 3 is 2.48 bits per heavy atom. The molecule has 1 heterocycles. The zero-order valence-electron chi connectivity index (χ0n) is 12.2. The number of methoxy groups -OCH3 is 1. The first-order chi connectivity index (χ1) is 11.2. The van der Waals surface area contributed by atoms with E-state index in [2.05, 4.69) is 20.4 Å². The van der Waals surface area contributed by atoms with Gasteiger partial charge in [0, 0.05) is 5.69 Å². The van der Waals surface area contributed by atoms with Gasteiger partial charge in [0.25, 0.3) is 0 Å². The molecule has 0 aliphatic heterocycles. The van der Waals surface area contributed by atoms with E-state index in [1.807, 2.05) is 24.3 Å². The molecule has 6 nitrogen and oxygen atoms in total. The minimum absolute atomic E-state index is 0.394. The first-order valence-electron chi connectivity index (χ1n) is 6.77. The normalized spacial score (nSPS) is 10.3. The van der Waals surface area contributed by atoms with Crippen LogP contribution in [0.4, 0.5) is 15.6 Å². The predicted molar refractivity (Wildman–Crippen MR) is 90.0 cm³/mol. The molecule has 116 valence electrons. The third-order valence-corrected chi connectivity index (χ3v) is 4.03. The summed E-state index contributed by atoms with van der Waals surface area (Å²) in [6.07, 6.45) is 0. The van der Waals surface area contributed by atoms with Gasteiger partial charge in [-0.2, -0.15) is 0 Å². The SMILES string of the molecule is COC(=O)c1ccc(NC(=O)Nc2nc3ccccc3s2)cc1. The van der Waals surface area contributed by atoms with Gasteiger partial charge in [-0.15, -0.1) is 0 Å². The number of rotatable bonds is 3. The highest BCUT2D eigenvalue weighted by Crippen LogP contribution is 2.25. The molecule has 2 N–H and O–H groups in total. The molecule has 7 heteroatoms. The van der Waals surface area contributed by atoms with E-state index in [1.54, 1.807) is 24.3 Å². The van der Waals surface area contributed by atoms with Gasteiger partial charge in [0.15, 0.2) is 5.13 Å². The predicted octanol–water partition coefficient (Wildman–Crippen LogP) is 3.73. The zero-order valence-corrected chi connectivity index (χ0v) is 13.0. The van der Waals surface area contributed by atoms with Crippen molar-refractivity contribution in [1.82, 2.24) is 4.98 Å². The van der Waals surface area contributed by atoms with Gasteiger partial charge in [-0.05, 0) is 36.4 Å². The lowest BCUT2D eigenvalue weighted by atomic mass is 10.2. The zero-order chi connectivity index (χ0) is 16.2. The molecule has 3 rings (SSSR count). The number of hydrogen-bond donors (Lipinski definition) is 2. The lowest BCUT2D eigenvalue weighted by molar-refractivity contribution is 0.0601. The lowest BCUT2D eigenvalue weighted by Gasteiger charge is -2.06. The van der Waals surface area contributed by atoms with Crippen LogP contribution in [-0.4, -0.2) is 24.1 Å². The molecule has 0 atom stereocenters. The van der Waals surface area contributed by atoms with Crippen molar-refractivity contribution in [3.63, 3.8) is 0 Å². The van der Waals surface area contributed by atoms with Gasteiger partial charge in [0.1, 0.15) is 0 Å². The van der Waals surface area contributed by atoms with E-state index in [-0.39, 0.29) is 0 Å². The molecule has 0 saturated heterocycles. The molecule has 0 fully saturated rings. The smallest absolute Gasteiger partial charge is 0.337 e. The molecule has 0 unspecified atom stereocenters. The number of anilines is 2. The second-order valence-electron chi connectivity index (χ2n) is 4.63. The molecule has 3 aromatic rings. The van der Waals surface area contributed by atoms with Gasteiger partial charge >= 0.3 is 12.0 Å². The molecule has 2 amide bonds. The number of amides is 2. The maximum Gasteiger partial charge on any atom is 0.337 e. The second-order valence-corrected chi connectivity index (χ2v) is 5.67. The number of aromatic nitrogens is 1. The van der Waals surface area contributed by atoms with E-state index in [0.717, 1.165) is 10.2 Å². The van der Waals surface area contributed by atoms with E-state index in [1.165, 1.54) is 18.4 Å². The van der Waals surface area contributed by atoms with E-state index in [0.29, 0.717) is 16.4 Å². The fourth-order valence-corrected chi connectivity index (χ4v) is 2.85. The summed E-state index contributed by atoms with van der Waals surface area (Å²) in [6.45, 7) is 0. The van der Waals surface area contributed by atoms with Gasteiger partial charge < -0.3 is 10.1 Å². The van der Waals surface area contributed by atoms with Gasteiger partial charge in [0.05, 0.1) is 22.9 Å². The Kier molecular flexibility index (Phi) is 4.20. The number of fused-ring (bicyclic) bond motifs is 1. The Bertz CT molecular complexity index is 825. The van der Waals surface area contributed by atoms with Gasteiger partial charge in [-0.25, -0.2) is 14.6 Å². The number of nitrogens with zero attached hydrogens (tertiary/aromatic N) is 1. The summed E-state index contributed by atoms with van der Waals surface area (Å²) in [5.41, 5.74) is 1.83. The van der Waals surface area contributed by atoms with Crippen molar-refractivity contribution in [2.45, 2.75) is 0 Å². The highest BCUT2D eigenvalue weighted by atomic mass is 32.1. The quantitative estimate of drug-likeness (QED) is 0.718. The standard InChI is InChI=1S/C16H13N3O3S/c1-22-14(20)10-6-8-11(9-7-10)17-15(21)19-16-18-12-4-2-3-5-13(12)23-16/h2-9H,1H3,(H2,17,18,19,21). The topological polar surface area (TPSA) is 80.3 Å². The molecule has 23 heavy (non-hydrogen) atoms. The van der Waals surface area contributed by atoms with Crippen LogP contribution in [0.15, 0.2) is 48.5 Å². The summed E-state index contributed by atoms with van der Waals surface area (Å²) in [5.74, 6) is -0.421. The largest absolute Gasteiger partial charge is 0.465 e. The average molecular weight is 327 g/mol. The minimum atomic E-state index is -0.421. The Balaban J connectivity index is 1.65. The Morgan fingerprint density at radius 1 is 1.04 bits per heavy atom. The Morgan fingerprint density at radius 2 is 1.78 bits per heavy atom. The number of hydrogen-bond acceptors (Lipinski definition) is 5. The third-order valence-electron chi connectivity index (χ3n) is 3.08. The van der Waals surface area contributed by atoms with Crippen molar-refractivity contribution in [3.8, 4) is 0 Å². The highest BCUT2D eigenvalue weighted by molar-refractivity contribution is 7.22. The van der Waals surface area contributed by atoms with Gasteiger partial charge in [-0.1, -0.05) is 23.5 Å². The fourth-order valence-electron chi connectivity index (χ4n) is 1.99. The molecule has 2 aromatic carbocycles. The van der Waals surface area contributed by atoms with E-state index in [4.69, 9.17) is 0 Å². The number of benzene rings is 2. The molecular formula is C16H13N3O3S. The number of carbonyl (C=O) groups excluding carboxylic acids is 2. The third kappa shape index (κ3) is 3.46. The van der Waals surface area contributed by atoms with Crippen molar-refractivity contribution >= 4 is 44.4 Å². The van der Waals surface area contributed by atoms with Crippen LogP contribution in [0.25, 0.3) is 10.2 Å². The first-order valence-corrected chi connectivity index (χ1v) is 7.59. The number of para-hydroxylation sites is 1. The maximum absolute atomic E-state index is 12.0. The van der Waals surface area contributed by atoms with E-state index in [9.17, 15) is 9.59 Å². The molecule has 0 bridgehead atoms. The van der Waals surface area contributed by atoms with Crippen LogP contribution in [0.2, 0.25) is 0 Å². The summed E-state index contributed by atoms with van der Waals surface area (Å²) >= 11 is 1.40. The molecule has 0 aliphatic rings. The molecule has 1 aromatic heterocycles. The number of carbonyl (C=O) groups is 2. The van der Waals surface area contributed by atoms with Crippen LogP contribution in [0.3, 0.4) is 0 Å². The minimum Gasteiger partial charge on any atom is -0.465 e. The summed E-state index contributed by atoms with van der Waals surface area (Å²) in [4.78, 5) is 27.7. The van der Waals surface area contributed by atoms with Gasteiger partial charge in [-0.3, -0.25) is 5.32 Å². The number of ether oxygens (including phenoxy) is 1. The fraction of sp³-hybridized carbons (Fsp3) is 0.0625. The summed E-state index contributed by atoms with van der Waals surface area (Å²) in [7, 11) is 1.32. The van der Waals surface area contributed by atoms with Crippen molar-refractivity contribution in [2.24, 2.45) is 0 Å². The van der Waals surface area contributed by atoms with Crippen LogP contribution in [0.1, 0.15) is 10.4 Å². The van der Waals surface area contributed by atoms with Crippen molar-refractivity contribution in [1.29, 1.82) is 0 Å². The Labute approximate surface area is 136 Å². The van der Waals surface area contributed by atoms with Crippen LogP contribution >= 0.6 is 11.3 Å². The highest BCUT2D eigenvalue weighted by Gasteiger charge is 2.09. The Hall–Kier alpha value is -2.93. The van der Waals surface area contributed by atoms with Crippen LogP contribution in [0.5, 0.6) is 0 Å². The number of nitrogens with one attached hydrogen (secondary N) is 2. The summed E-state index contributed by atoms with van der Waals surface area (Å²) in [6, 6.07) is 13.7. The summed E-state index contributed by atoms with van der Waals surface area (Å²) < 4.78 is 5.62. The van der Waals surface area contributed by atoms with Gasteiger partial charge in [0.2, 0.25) is 0 Å². The lowest BCUT2D eigenvalue weighted by Crippen LogP contribution is -2.19. The molecule has 0 radical (unpaired) electrons. The van der Waals surface area contributed by atoms with Crippen LogP contribution in [0, 0.1) is 0 Å². The van der Waals surface area contributed by atoms with E-state index >= 15 is 0 Å². The molecular weight excluding hydrogens is 314 g/mol. The maximum atomic E-state index is 12.0. The van der Waals surface area contributed by atoms with Crippen molar-refractivity contribution in [2.75, 3.05) is 17.7 Å². The number of urea groups is 1.